The summed E-state index contributed by atoms with van der Waals surface area (Å²) in [5, 5.41) is 2.90. The number of hydrogen-bond donors (Lipinski definition) is 1. The van der Waals surface area contributed by atoms with Crippen LogP contribution in [-0.2, 0) is 0 Å². The van der Waals surface area contributed by atoms with Gasteiger partial charge in [-0.05, 0) is 31.8 Å². The van der Waals surface area contributed by atoms with E-state index in [-0.39, 0.29) is 11.6 Å². The second-order valence-electron chi connectivity index (χ2n) is 5.18. The number of carbonyl (C=O) groups excluding carboxylic acids is 1. The van der Waals surface area contributed by atoms with Gasteiger partial charge in [-0.15, -0.1) is 0 Å². The third kappa shape index (κ3) is 4.13. The van der Waals surface area contributed by atoms with Gasteiger partial charge in [0.1, 0.15) is 5.82 Å². The summed E-state index contributed by atoms with van der Waals surface area (Å²) in [4.78, 5) is 14.2. The molecular weight excluding hydrogens is 267 g/mol. The summed E-state index contributed by atoms with van der Waals surface area (Å²) in [5.41, 5.74) is 1.06. The number of likely N-dealkylation sites (N-methyl/N-ethyl adjacent to an activating group) is 1. The maximum atomic E-state index is 13.7. The summed E-state index contributed by atoms with van der Waals surface area (Å²) in [6.45, 7) is 0.643. The number of benzene rings is 2. The van der Waals surface area contributed by atoms with Gasteiger partial charge in [-0.1, -0.05) is 42.5 Å². The topological polar surface area (TPSA) is 32.3 Å². The fourth-order valence-corrected chi connectivity index (χ4v) is 2.17. The Hall–Kier alpha value is -2.20. The lowest BCUT2D eigenvalue weighted by Crippen LogP contribution is -2.35. The van der Waals surface area contributed by atoms with Crippen LogP contribution in [0.5, 0.6) is 0 Å². The zero-order valence-electron chi connectivity index (χ0n) is 12.2. The zero-order chi connectivity index (χ0) is 15.2. The summed E-state index contributed by atoms with van der Waals surface area (Å²) in [6, 6.07) is 15.5. The second-order valence-corrected chi connectivity index (χ2v) is 5.18. The predicted octanol–water partition coefficient (Wildman–Crippen LogP) is 2.86. The maximum absolute atomic E-state index is 13.7. The van der Waals surface area contributed by atoms with Crippen LogP contribution in [0.15, 0.2) is 54.6 Å². The highest BCUT2D eigenvalue weighted by Crippen LogP contribution is 2.15. The minimum absolute atomic E-state index is 0.0668. The number of hydrogen-bond acceptors (Lipinski definition) is 2. The fourth-order valence-electron chi connectivity index (χ4n) is 2.17. The molecule has 0 unspecified atom stereocenters. The molecule has 0 saturated heterocycles. The first-order valence-corrected chi connectivity index (χ1v) is 6.83. The third-order valence-electron chi connectivity index (χ3n) is 3.17. The van der Waals surface area contributed by atoms with Crippen molar-refractivity contribution in [3.8, 4) is 0 Å². The lowest BCUT2D eigenvalue weighted by molar-refractivity contribution is 0.0926. The van der Waals surface area contributed by atoms with E-state index in [0.717, 1.165) is 5.56 Å². The Bertz CT molecular complexity index is 599. The Balaban J connectivity index is 2.19. The molecule has 3 nitrogen and oxygen atoms in total. The van der Waals surface area contributed by atoms with Gasteiger partial charge < -0.3 is 10.2 Å². The summed E-state index contributed by atoms with van der Waals surface area (Å²) in [6.07, 6.45) is 0. The predicted molar refractivity (Wildman–Crippen MR) is 81.6 cm³/mol. The van der Waals surface area contributed by atoms with E-state index in [2.05, 4.69) is 5.32 Å². The summed E-state index contributed by atoms with van der Waals surface area (Å²) in [5.74, 6) is -0.907. The van der Waals surface area contributed by atoms with E-state index < -0.39 is 11.7 Å². The maximum Gasteiger partial charge on any atom is 0.254 e. The average Bonchev–Trinajstić information content (AvgIpc) is 2.47. The van der Waals surface area contributed by atoms with Gasteiger partial charge in [-0.25, -0.2) is 4.39 Å². The molecule has 0 radical (unpaired) electrons. The Labute approximate surface area is 124 Å². The van der Waals surface area contributed by atoms with Gasteiger partial charge in [0.15, 0.2) is 0 Å². The van der Waals surface area contributed by atoms with Crippen LogP contribution in [0.4, 0.5) is 4.39 Å². The Kier molecular flexibility index (Phi) is 5.06. The van der Waals surface area contributed by atoms with Crippen LogP contribution in [-0.4, -0.2) is 31.4 Å². The third-order valence-corrected chi connectivity index (χ3v) is 3.17. The smallest absolute Gasteiger partial charge is 0.254 e. The molecule has 0 heterocycles. The first-order chi connectivity index (χ1) is 10.1. The van der Waals surface area contributed by atoms with Gasteiger partial charge in [0.05, 0.1) is 11.6 Å². The SMILES string of the molecule is CN(C)C[C@@H](NC(=O)c1ccccc1F)c1ccccc1. The number of amides is 1. The van der Waals surface area contributed by atoms with Gasteiger partial charge >= 0.3 is 0 Å². The van der Waals surface area contributed by atoms with Crippen molar-refractivity contribution in [2.45, 2.75) is 6.04 Å². The van der Waals surface area contributed by atoms with Crippen LogP contribution in [0.2, 0.25) is 0 Å². The van der Waals surface area contributed by atoms with Crippen molar-refractivity contribution in [2.75, 3.05) is 20.6 Å². The quantitative estimate of drug-likeness (QED) is 0.916. The molecule has 0 fully saturated rings. The van der Waals surface area contributed by atoms with E-state index in [0.29, 0.717) is 6.54 Å². The molecule has 0 bridgehead atoms. The van der Waals surface area contributed by atoms with E-state index in [1.165, 1.54) is 12.1 Å². The van der Waals surface area contributed by atoms with Crippen LogP contribution in [0, 0.1) is 5.82 Å². The van der Waals surface area contributed by atoms with Crippen molar-refractivity contribution in [3.63, 3.8) is 0 Å². The van der Waals surface area contributed by atoms with Crippen molar-refractivity contribution < 1.29 is 9.18 Å². The molecule has 0 aliphatic carbocycles. The van der Waals surface area contributed by atoms with E-state index in [1.807, 2.05) is 49.3 Å². The van der Waals surface area contributed by atoms with Crippen LogP contribution in [0.1, 0.15) is 22.0 Å². The Morgan fingerprint density at radius 3 is 2.33 bits per heavy atom. The molecule has 2 aromatic rings. The van der Waals surface area contributed by atoms with Crippen LogP contribution in [0.3, 0.4) is 0 Å². The number of carbonyl (C=O) groups is 1. The van der Waals surface area contributed by atoms with Crippen molar-refractivity contribution in [2.24, 2.45) is 0 Å². The van der Waals surface area contributed by atoms with E-state index in [4.69, 9.17) is 0 Å². The average molecular weight is 286 g/mol. The van der Waals surface area contributed by atoms with Gasteiger partial charge in [0.2, 0.25) is 0 Å². The Morgan fingerprint density at radius 2 is 1.71 bits per heavy atom. The van der Waals surface area contributed by atoms with Crippen molar-refractivity contribution >= 4 is 5.91 Å². The number of halogens is 1. The van der Waals surface area contributed by atoms with E-state index >= 15 is 0 Å². The first-order valence-electron chi connectivity index (χ1n) is 6.83. The van der Waals surface area contributed by atoms with Gasteiger partial charge in [0.25, 0.3) is 5.91 Å². The molecule has 0 saturated carbocycles. The lowest BCUT2D eigenvalue weighted by Gasteiger charge is -2.23. The second kappa shape index (κ2) is 6.99. The molecule has 110 valence electrons. The molecule has 1 amide bonds. The molecular formula is C17H19FN2O. The molecule has 21 heavy (non-hydrogen) atoms. The largest absolute Gasteiger partial charge is 0.344 e. The summed E-state index contributed by atoms with van der Waals surface area (Å²) < 4.78 is 13.7. The van der Waals surface area contributed by atoms with E-state index in [9.17, 15) is 9.18 Å². The van der Waals surface area contributed by atoms with Crippen LogP contribution >= 0.6 is 0 Å². The highest BCUT2D eigenvalue weighted by molar-refractivity contribution is 5.94. The standard InChI is InChI=1S/C17H19FN2O/c1-20(2)12-16(13-8-4-3-5-9-13)19-17(21)14-10-6-7-11-15(14)18/h3-11,16H,12H2,1-2H3,(H,19,21)/t16-/m1/s1. The monoisotopic (exact) mass is 286 g/mol. The number of rotatable bonds is 5. The molecule has 0 spiro atoms. The molecule has 2 rings (SSSR count). The number of nitrogens with zero attached hydrogens (tertiary/aromatic N) is 1. The van der Waals surface area contributed by atoms with Gasteiger partial charge in [0, 0.05) is 6.54 Å². The van der Waals surface area contributed by atoms with Crippen molar-refractivity contribution in [1.29, 1.82) is 0 Å². The van der Waals surface area contributed by atoms with Crippen LogP contribution in [0.25, 0.3) is 0 Å². The summed E-state index contributed by atoms with van der Waals surface area (Å²) >= 11 is 0. The highest BCUT2D eigenvalue weighted by atomic mass is 19.1. The van der Waals surface area contributed by atoms with Gasteiger partial charge in [-0.2, -0.15) is 0 Å². The van der Waals surface area contributed by atoms with Gasteiger partial charge in [-0.3, -0.25) is 4.79 Å². The molecule has 0 aliphatic rings. The minimum Gasteiger partial charge on any atom is -0.344 e. The normalized spacial score (nSPS) is 12.2. The molecule has 1 atom stereocenters. The minimum atomic E-state index is -0.508. The highest BCUT2D eigenvalue weighted by Gasteiger charge is 2.18. The Morgan fingerprint density at radius 1 is 1.10 bits per heavy atom. The molecule has 0 aliphatic heterocycles. The zero-order valence-corrected chi connectivity index (χ0v) is 12.2. The molecule has 0 aromatic heterocycles. The molecule has 4 heteroatoms. The number of nitrogens with one attached hydrogen (secondary N) is 1. The van der Waals surface area contributed by atoms with Crippen molar-refractivity contribution in [1.82, 2.24) is 10.2 Å². The molecule has 1 N–H and O–H groups in total. The fraction of sp³-hybridized carbons (Fsp3) is 0.235. The lowest BCUT2D eigenvalue weighted by atomic mass is 10.1. The van der Waals surface area contributed by atoms with Crippen molar-refractivity contribution in [3.05, 3.63) is 71.5 Å². The summed E-state index contributed by atoms with van der Waals surface area (Å²) in [7, 11) is 3.87. The first kappa shape index (κ1) is 15.2. The molecule has 2 aromatic carbocycles. The van der Waals surface area contributed by atoms with E-state index in [1.54, 1.807) is 12.1 Å². The van der Waals surface area contributed by atoms with Crippen LogP contribution < -0.4 is 5.32 Å².